The Balaban J connectivity index is 1.28. The normalized spacial score (nSPS) is 19.7. The summed E-state index contributed by atoms with van der Waals surface area (Å²) in [7, 11) is 0. The molecule has 2 atom stereocenters. The number of anilines is 1. The second-order valence-corrected chi connectivity index (χ2v) is 12.5. The van der Waals surface area contributed by atoms with Crippen LogP contribution in [0.25, 0.3) is 11.1 Å². The van der Waals surface area contributed by atoms with Gasteiger partial charge in [0.15, 0.2) is 0 Å². The van der Waals surface area contributed by atoms with Gasteiger partial charge >= 0.3 is 6.09 Å². The monoisotopic (exact) mass is 548 g/mol. The summed E-state index contributed by atoms with van der Waals surface area (Å²) in [6.45, 7) is 8.64. The molecule has 2 aromatic carbocycles. The Kier molecular flexibility index (Phi) is 9.79. The largest absolute Gasteiger partial charge is 0.444 e. The van der Waals surface area contributed by atoms with Gasteiger partial charge in [0.25, 0.3) is 0 Å². The van der Waals surface area contributed by atoms with Gasteiger partial charge in [0.1, 0.15) is 12.1 Å². The summed E-state index contributed by atoms with van der Waals surface area (Å²) in [4.78, 5) is 30.1. The van der Waals surface area contributed by atoms with Crippen molar-refractivity contribution in [3.63, 3.8) is 0 Å². The summed E-state index contributed by atoms with van der Waals surface area (Å²) in [6, 6.07) is 19.3. The summed E-state index contributed by atoms with van der Waals surface area (Å²) in [5, 5.41) is 11.5. The third kappa shape index (κ3) is 8.15. The highest BCUT2D eigenvalue weighted by molar-refractivity contribution is 7.99. The second-order valence-electron chi connectivity index (χ2n) is 11.4. The number of nitriles is 1. The fraction of sp³-hybridized carbons (Fsp3) is 0.516. The van der Waals surface area contributed by atoms with Crippen molar-refractivity contribution in [2.24, 2.45) is 11.8 Å². The number of ether oxygens (including phenoxy) is 1. The van der Waals surface area contributed by atoms with E-state index >= 15 is 0 Å². The molecule has 0 unspecified atom stereocenters. The van der Waals surface area contributed by atoms with E-state index in [0.29, 0.717) is 19.0 Å². The van der Waals surface area contributed by atoms with Crippen LogP contribution in [0.2, 0.25) is 0 Å². The van der Waals surface area contributed by atoms with E-state index in [1.54, 1.807) is 4.90 Å². The van der Waals surface area contributed by atoms with Crippen LogP contribution in [0.15, 0.2) is 53.4 Å². The molecule has 2 aliphatic rings. The zero-order valence-electron chi connectivity index (χ0n) is 23.3. The fourth-order valence-corrected chi connectivity index (χ4v) is 6.43. The molecular formula is C31H40N4O3S. The number of benzene rings is 2. The van der Waals surface area contributed by atoms with Crippen LogP contribution in [0, 0.1) is 23.2 Å². The molecule has 0 radical (unpaired) electrons. The summed E-state index contributed by atoms with van der Waals surface area (Å²) in [6.07, 6.45) is 4.00. The number of nitrogens with zero attached hydrogens (tertiary/aromatic N) is 3. The van der Waals surface area contributed by atoms with E-state index in [9.17, 15) is 9.59 Å². The molecule has 0 aromatic heterocycles. The second kappa shape index (κ2) is 13.3. The van der Waals surface area contributed by atoms with Crippen LogP contribution in [0.1, 0.15) is 46.5 Å². The Bertz CT molecular complexity index is 1150. The van der Waals surface area contributed by atoms with Crippen molar-refractivity contribution in [3.05, 3.63) is 48.5 Å². The van der Waals surface area contributed by atoms with Crippen LogP contribution in [0.4, 0.5) is 10.5 Å². The molecule has 7 nitrogen and oxygen atoms in total. The average molecular weight is 549 g/mol. The van der Waals surface area contributed by atoms with Gasteiger partial charge in [-0.3, -0.25) is 4.79 Å². The molecule has 1 saturated heterocycles. The molecule has 2 aromatic rings. The number of piperazine rings is 1. The number of hydrogen-bond acceptors (Lipinski definition) is 6. The van der Waals surface area contributed by atoms with E-state index in [-0.39, 0.29) is 24.5 Å². The third-order valence-corrected chi connectivity index (χ3v) is 8.60. The highest BCUT2D eigenvalue weighted by Crippen LogP contribution is 2.35. The first-order chi connectivity index (χ1) is 18.7. The Labute approximate surface area is 236 Å². The van der Waals surface area contributed by atoms with Gasteiger partial charge in [-0.05, 0) is 74.9 Å². The number of carbonyl (C=O) groups excluding carboxylic acids is 2. The summed E-state index contributed by atoms with van der Waals surface area (Å²) < 4.78 is 5.51. The molecule has 1 aliphatic carbocycles. The van der Waals surface area contributed by atoms with Crippen LogP contribution in [0.3, 0.4) is 0 Å². The molecule has 0 bridgehead atoms. The minimum absolute atomic E-state index is 0.0117. The highest BCUT2D eigenvalue weighted by atomic mass is 32.2. The van der Waals surface area contributed by atoms with Crippen LogP contribution in [-0.4, -0.2) is 61.0 Å². The SMILES string of the molecule is CC(C)(C)OC(=O)N1CCN(c2ccc(-c3ccc(SC[C@@H]4CCCC[C@H]4C(=O)NCC#N)cc3)cc2)CC1. The lowest BCUT2D eigenvalue weighted by Crippen LogP contribution is -2.50. The van der Waals surface area contributed by atoms with Crippen LogP contribution in [0.5, 0.6) is 0 Å². The Morgan fingerprint density at radius 1 is 0.974 bits per heavy atom. The minimum atomic E-state index is -0.476. The van der Waals surface area contributed by atoms with Gasteiger partial charge < -0.3 is 19.9 Å². The van der Waals surface area contributed by atoms with Gasteiger partial charge in [-0.25, -0.2) is 4.79 Å². The lowest BCUT2D eigenvalue weighted by atomic mass is 9.80. The standard InChI is InChI=1S/C31H40N4O3S/c1-31(2,3)38-30(37)35-20-18-34(19-21-35)26-12-8-23(9-13-26)24-10-14-27(15-11-24)39-22-25-6-4-5-7-28(25)29(36)33-17-16-32/h8-15,25,28H,4-7,17-22H2,1-3H3,(H,33,36)/t25-,28+/m0/s1. The quantitative estimate of drug-likeness (QED) is 0.340. The lowest BCUT2D eigenvalue weighted by Gasteiger charge is -2.36. The highest BCUT2D eigenvalue weighted by Gasteiger charge is 2.30. The molecular weight excluding hydrogens is 508 g/mol. The fourth-order valence-electron chi connectivity index (χ4n) is 5.30. The number of carbonyl (C=O) groups is 2. The van der Waals surface area contributed by atoms with Crippen LogP contribution < -0.4 is 10.2 Å². The summed E-state index contributed by atoms with van der Waals surface area (Å²) >= 11 is 1.81. The molecule has 0 spiro atoms. The lowest BCUT2D eigenvalue weighted by molar-refractivity contribution is -0.127. The maximum Gasteiger partial charge on any atom is 0.410 e. The molecule has 2 fully saturated rings. The van der Waals surface area contributed by atoms with Crippen molar-refractivity contribution in [1.82, 2.24) is 10.2 Å². The smallest absolute Gasteiger partial charge is 0.410 e. The molecule has 1 N–H and O–H groups in total. The van der Waals surface area contributed by atoms with E-state index < -0.39 is 5.60 Å². The molecule has 4 rings (SSSR count). The van der Waals surface area contributed by atoms with E-state index in [4.69, 9.17) is 10.00 Å². The Morgan fingerprint density at radius 3 is 2.21 bits per heavy atom. The number of thioether (sulfide) groups is 1. The number of amides is 2. The maximum atomic E-state index is 12.5. The average Bonchev–Trinajstić information content (AvgIpc) is 2.94. The predicted molar refractivity (Wildman–Crippen MR) is 157 cm³/mol. The topological polar surface area (TPSA) is 85.7 Å². The minimum Gasteiger partial charge on any atom is -0.444 e. The molecule has 8 heteroatoms. The van der Waals surface area contributed by atoms with E-state index in [0.717, 1.165) is 43.8 Å². The first kappa shape index (κ1) is 28.8. The Hall–Kier alpha value is -3.18. The molecule has 39 heavy (non-hydrogen) atoms. The Morgan fingerprint density at radius 2 is 1.59 bits per heavy atom. The number of rotatable bonds is 7. The molecule has 2 amide bonds. The van der Waals surface area contributed by atoms with Gasteiger partial charge in [0.2, 0.25) is 5.91 Å². The van der Waals surface area contributed by atoms with Crippen molar-refractivity contribution in [2.45, 2.75) is 57.0 Å². The van der Waals surface area contributed by atoms with Crippen molar-refractivity contribution in [3.8, 4) is 17.2 Å². The molecule has 1 heterocycles. The first-order valence-corrected chi connectivity index (χ1v) is 14.9. The van der Waals surface area contributed by atoms with Crippen molar-refractivity contribution in [1.29, 1.82) is 5.26 Å². The predicted octanol–water partition coefficient (Wildman–Crippen LogP) is 5.95. The van der Waals surface area contributed by atoms with Gasteiger partial charge in [0, 0.05) is 48.4 Å². The molecule has 1 saturated carbocycles. The van der Waals surface area contributed by atoms with Gasteiger partial charge in [-0.2, -0.15) is 5.26 Å². The summed E-state index contributed by atoms with van der Waals surface area (Å²) in [5.41, 5.74) is 3.03. The van der Waals surface area contributed by atoms with E-state index in [2.05, 4.69) is 58.7 Å². The molecule has 1 aliphatic heterocycles. The van der Waals surface area contributed by atoms with Crippen molar-refractivity contribution < 1.29 is 14.3 Å². The van der Waals surface area contributed by atoms with Crippen LogP contribution >= 0.6 is 11.8 Å². The van der Waals surface area contributed by atoms with Gasteiger partial charge in [-0.1, -0.05) is 37.1 Å². The van der Waals surface area contributed by atoms with Crippen molar-refractivity contribution >= 4 is 29.4 Å². The number of nitrogens with one attached hydrogen (secondary N) is 1. The van der Waals surface area contributed by atoms with Gasteiger partial charge in [-0.15, -0.1) is 11.8 Å². The van der Waals surface area contributed by atoms with Crippen molar-refractivity contribution in [2.75, 3.05) is 43.4 Å². The van der Waals surface area contributed by atoms with Gasteiger partial charge in [0.05, 0.1) is 6.07 Å². The van der Waals surface area contributed by atoms with E-state index in [1.807, 2.05) is 38.6 Å². The number of hydrogen-bond donors (Lipinski definition) is 1. The third-order valence-electron chi connectivity index (χ3n) is 7.40. The molecule has 208 valence electrons. The van der Waals surface area contributed by atoms with Crippen LogP contribution in [-0.2, 0) is 9.53 Å². The zero-order valence-corrected chi connectivity index (χ0v) is 24.1. The van der Waals surface area contributed by atoms with E-state index in [1.165, 1.54) is 22.4 Å². The summed E-state index contributed by atoms with van der Waals surface area (Å²) in [5.74, 6) is 1.31. The zero-order chi connectivity index (χ0) is 27.8. The maximum absolute atomic E-state index is 12.5. The first-order valence-electron chi connectivity index (χ1n) is 13.9.